The number of thiophene rings is 1. The number of piperidine rings is 1. The fourth-order valence-corrected chi connectivity index (χ4v) is 4.02. The van der Waals surface area contributed by atoms with Crippen LogP contribution in [0.5, 0.6) is 0 Å². The molecule has 2 saturated heterocycles. The Balaban J connectivity index is 0.000000277. The average molecular weight is 378 g/mol. The first-order chi connectivity index (χ1) is 11.6. The maximum Gasteiger partial charge on any atom is 0.490 e. The van der Waals surface area contributed by atoms with Crippen LogP contribution in [0.1, 0.15) is 30.6 Å². The molecule has 0 radical (unpaired) electrons. The van der Waals surface area contributed by atoms with Gasteiger partial charge in [-0.1, -0.05) is 6.07 Å². The summed E-state index contributed by atoms with van der Waals surface area (Å²) in [5, 5.41) is 9.27. The van der Waals surface area contributed by atoms with E-state index in [1.807, 2.05) is 23.3 Å². The highest BCUT2D eigenvalue weighted by Crippen LogP contribution is 2.38. The summed E-state index contributed by atoms with van der Waals surface area (Å²) >= 11 is 1.84. The van der Waals surface area contributed by atoms with Crippen LogP contribution in [-0.4, -0.2) is 58.6 Å². The topological polar surface area (TPSA) is 60.9 Å². The summed E-state index contributed by atoms with van der Waals surface area (Å²) in [5.74, 6) is -2.42. The van der Waals surface area contributed by atoms with Gasteiger partial charge >= 0.3 is 12.1 Å². The molecule has 0 unspecified atom stereocenters. The molecule has 140 valence electrons. The third-order valence-electron chi connectivity index (χ3n) is 4.88. The van der Waals surface area contributed by atoms with Crippen molar-refractivity contribution >= 4 is 23.2 Å². The van der Waals surface area contributed by atoms with Gasteiger partial charge in [-0.3, -0.25) is 9.69 Å². The maximum absolute atomic E-state index is 11.7. The molecule has 5 nitrogen and oxygen atoms in total. The molecule has 0 saturated carbocycles. The lowest BCUT2D eigenvalue weighted by atomic mass is 9.85. The van der Waals surface area contributed by atoms with E-state index >= 15 is 0 Å². The monoisotopic (exact) mass is 378 g/mol. The molecular formula is C16H21F3N2O3S. The second-order valence-electron chi connectivity index (χ2n) is 6.34. The fourth-order valence-electron chi connectivity index (χ4n) is 3.28. The highest BCUT2D eigenvalue weighted by atomic mass is 32.1. The Morgan fingerprint density at radius 2 is 1.92 bits per heavy atom. The van der Waals surface area contributed by atoms with Crippen molar-refractivity contribution in [3.8, 4) is 0 Å². The van der Waals surface area contributed by atoms with Gasteiger partial charge in [0.05, 0.1) is 0 Å². The number of alkyl halides is 3. The number of aliphatic carboxylic acids is 1. The Hall–Kier alpha value is -1.61. The van der Waals surface area contributed by atoms with Crippen LogP contribution in [0.15, 0.2) is 17.5 Å². The number of amides is 1. The van der Waals surface area contributed by atoms with Gasteiger partial charge in [-0.25, -0.2) is 4.79 Å². The third-order valence-corrected chi connectivity index (χ3v) is 5.74. The Kier molecular flexibility index (Phi) is 6.10. The van der Waals surface area contributed by atoms with Crippen molar-refractivity contribution < 1.29 is 27.9 Å². The van der Waals surface area contributed by atoms with Gasteiger partial charge in [-0.05, 0) is 30.7 Å². The van der Waals surface area contributed by atoms with E-state index in [-0.39, 0.29) is 5.54 Å². The molecule has 0 atom stereocenters. The number of carboxylic acid groups (broad SMARTS) is 1. The number of carboxylic acids is 1. The molecular weight excluding hydrogens is 357 g/mol. The van der Waals surface area contributed by atoms with Gasteiger partial charge in [0.15, 0.2) is 0 Å². The zero-order valence-electron chi connectivity index (χ0n) is 13.9. The third kappa shape index (κ3) is 4.94. The first-order valence-corrected chi connectivity index (χ1v) is 8.83. The standard InChI is InChI=1S/C14H20N2OS.C2HF3O2/c1-15-13(17)4-5-14(15)6-8-16(9-7-14)11-12-3-2-10-18-12;3-2(4,5)1(6)7/h2-3,10H,4-9,11H2,1H3;(H,6,7). The number of hydrogen-bond donors (Lipinski definition) is 1. The Morgan fingerprint density at radius 3 is 2.32 bits per heavy atom. The molecule has 1 spiro atoms. The largest absolute Gasteiger partial charge is 0.490 e. The molecule has 0 bridgehead atoms. The molecule has 1 aromatic rings. The molecule has 1 aromatic heterocycles. The van der Waals surface area contributed by atoms with Crippen LogP contribution in [0, 0.1) is 0 Å². The van der Waals surface area contributed by atoms with Gasteiger partial charge in [0.2, 0.25) is 5.91 Å². The minimum Gasteiger partial charge on any atom is -0.475 e. The predicted octanol–water partition coefficient (Wildman–Crippen LogP) is 2.97. The number of likely N-dealkylation sites (tertiary alicyclic amines) is 2. The van der Waals surface area contributed by atoms with Crippen LogP contribution >= 0.6 is 11.3 Å². The van der Waals surface area contributed by atoms with Crippen molar-refractivity contribution in [2.75, 3.05) is 20.1 Å². The number of carbonyl (C=O) groups is 2. The first-order valence-electron chi connectivity index (χ1n) is 7.95. The van der Waals surface area contributed by atoms with Crippen molar-refractivity contribution in [3.63, 3.8) is 0 Å². The Morgan fingerprint density at radius 1 is 1.32 bits per heavy atom. The molecule has 0 aromatic carbocycles. The van der Waals surface area contributed by atoms with Crippen molar-refractivity contribution in [1.82, 2.24) is 9.80 Å². The Bertz CT molecular complexity index is 596. The van der Waals surface area contributed by atoms with Gasteiger partial charge in [0, 0.05) is 43.5 Å². The first kappa shape index (κ1) is 19.7. The zero-order chi connectivity index (χ0) is 18.7. The molecule has 0 aliphatic carbocycles. The van der Waals surface area contributed by atoms with Crippen molar-refractivity contribution in [2.24, 2.45) is 0 Å². The zero-order valence-corrected chi connectivity index (χ0v) is 14.7. The maximum atomic E-state index is 11.7. The normalized spacial score (nSPS) is 20.5. The molecule has 1 N–H and O–H groups in total. The predicted molar refractivity (Wildman–Crippen MR) is 87.3 cm³/mol. The van der Waals surface area contributed by atoms with Crippen LogP contribution in [0.2, 0.25) is 0 Å². The van der Waals surface area contributed by atoms with E-state index in [0.29, 0.717) is 5.91 Å². The van der Waals surface area contributed by atoms with E-state index in [1.165, 1.54) is 4.88 Å². The van der Waals surface area contributed by atoms with Gasteiger partial charge < -0.3 is 10.0 Å². The van der Waals surface area contributed by atoms with Gasteiger partial charge in [0.25, 0.3) is 0 Å². The Labute approximate surface area is 148 Å². The number of hydrogen-bond acceptors (Lipinski definition) is 4. The summed E-state index contributed by atoms with van der Waals surface area (Å²) in [6.07, 6.45) is -0.988. The number of halogens is 3. The lowest BCUT2D eigenvalue weighted by Gasteiger charge is -2.43. The molecule has 3 rings (SSSR count). The number of nitrogens with zero attached hydrogens (tertiary/aromatic N) is 2. The van der Waals surface area contributed by atoms with Crippen LogP contribution < -0.4 is 0 Å². The fraction of sp³-hybridized carbons (Fsp3) is 0.625. The lowest BCUT2D eigenvalue weighted by molar-refractivity contribution is -0.192. The second-order valence-corrected chi connectivity index (χ2v) is 7.37. The lowest BCUT2D eigenvalue weighted by Crippen LogP contribution is -2.51. The van der Waals surface area contributed by atoms with Crippen LogP contribution in [0.4, 0.5) is 13.2 Å². The van der Waals surface area contributed by atoms with Crippen molar-refractivity contribution in [3.05, 3.63) is 22.4 Å². The van der Waals surface area contributed by atoms with E-state index in [9.17, 15) is 18.0 Å². The minimum atomic E-state index is -5.08. The van der Waals surface area contributed by atoms with Crippen molar-refractivity contribution in [1.29, 1.82) is 0 Å². The van der Waals surface area contributed by atoms with E-state index in [1.54, 1.807) is 0 Å². The summed E-state index contributed by atoms with van der Waals surface area (Å²) in [5.41, 5.74) is 0.184. The summed E-state index contributed by atoms with van der Waals surface area (Å²) in [7, 11) is 1.99. The van der Waals surface area contributed by atoms with E-state index in [2.05, 4.69) is 22.4 Å². The molecule has 9 heteroatoms. The van der Waals surface area contributed by atoms with Gasteiger partial charge in [-0.2, -0.15) is 13.2 Å². The van der Waals surface area contributed by atoms with Crippen LogP contribution in [0.25, 0.3) is 0 Å². The number of rotatable bonds is 2. The molecule has 1 amide bonds. The molecule has 2 aliphatic heterocycles. The van der Waals surface area contributed by atoms with Gasteiger partial charge in [-0.15, -0.1) is 11.3 Å². The SMILES string of the molecule is CN1C(=O)CCC12CCN(Cc1cccs1)CC2.O=C(O)C(F)(F)F. The summed E-state index contributed by atoms with van der Waals surface area (Å²) in [6, 6.07) is 4.33. The molecule has 2 fully saturated rings. The summed E-state index contributed by atoms with van der Waals surface area (Å²) in [6.45, 7) is 3.32. The van der Waals surface area contributed by atoms with E-state index in [4.69, 9.17) is 9.90 Å². The van der Waals surface area contributed by atoms with E-state index < -0.39 is 12.1 Å². The van der Waals surface area contributed by atoms with Gasteiger partial charge in [0.1, 0.15) is 0 Å². The second kappa shape index (κ2) is 7.74. The average Bonchev–Trinajstić information content (AvgIpc) is 3.14. The van der Waals surface area contributed by atoms with Crippen molar-refractivity contribution in [2.45, 2.75) is 43.9 Å². The molecule has 25 heavy (non-hydrogen) atoms. The highest BCUT2D eigenvalue weighted by molar-refractivity contribution is 7.09. The van der Waals surface area contributed by atoms with E-state index in [0.717, 1.165) is 45.3 Å². The number of carbonyl (C=O) groups excluding carboxylic acids is 1. The minimum absolute atomic E-state index is 0.184. The molecule has 3 heterocycles. The summed E-state index contributed by atoms with van der Waals surface area (Å²) < 4.78 is 31.7. The van der Waals surface area contributed by atoms with Crippen LogP contribution in [0.3, 0.4) is 0 Å². The summed E-state index contributed by atoms with van der Waals surface area (Å²) in [4.78, 5) is 26.6. The van der Waals surface area contributed by atoms with Crippen LogP contribution in [-0.2, 0) is 16.1 Å². The highest BCUT2D eigenvalue weighted by Gasteiger charge is 2.44. The quantitative estimate of drug-likeness (QED) is 0.860. The molecule has 2 aliphatic rings. The smallest absolute Gasteiger partial charge is 0.475 e.